The van der Waals surface area contributed by atoms with Gasteiger partial charge in [-0.1, -0.05) is 54.1 Å². The summed E-state index contributed by atoms with van der Waals surface area (Å²) in [5.41, 5.74) is 5.76. The van der Waals surface area contributed by atoms with Crippen LogP contribution in [-0.2, 0) is 24.8 Å². The van der Waals surface area contributed by atoms with E-state index < -0.39 is 11.0 Å². The van der Waals surface area contributed by atoms with Gasteiger partial charge in [0.1, 0.15) is 5.75 Å². The Bertz CT molecular complexity index is 1330. The van der Waals surface area contributed by atoms with Crippen LogP contribution in [0.5, 0.6) is 5.75 Å². The average molecular weight is 439 g/mol. The van der Waals surface area contributed by atoms with Gasteiger partial charge in [0, 0.05) is 47.9 Å². The molecule has 1 aliphatic carbocycles. The van der Waals surface area contributed by atoms with Crippen molar-refractivity contribution in [1.82, 2.24) is 9.88 Å². The number of fused-ring (bicyclic) bond motifs is 4. The average Bonchev–Trinajstić information content (AvgIpc) is 3.13. The van der Waals surface area contributed by atoms with Crippen LogP contribution in [0, 0.1) is 6.92 Å². The highest BCUT2D eigenvalue weighted by Gasteiger charge is 2.57. The van der Waals surface area contributed by atoms with Gasteiger partial charge < -0.3 is 15.2 Å². The summed E-state index contributed by atoms with van der Waals surface area (Å²) in [6.07, 6.45) is 2.19. The monoisotopic (exact) mass is 438 g/mol. The number of phenols is 1. The molecule has 0 amide bonds. The molecule has 0 unspecified atom stereocenters. The van der Waals surface area contributed by atoms with Crippen LogP contribution in [0.15, 0.2) is 72.8 Å². The first-order chi connectivity index (χ1) is 16.0. The van der Waals surface area contributed by atoms with Crippen LogP contribution < -0.4 is 0 Å². The van der Waals surface area contributed by atoms with Crippen molar-refractivity contribution in [1.29, 1.82) is 0 Å². The number of piperidine rings is 1. The number of nitrogens with zero attached hydrogens (tertiary/aromatic N) is 1. The second-order valence-corrected chi connectivity index (χ2v) is 10.1. The van der Waals surface area contributed by atoms with Crippen molar-refractivity contribution >= 4 is 10.9 Å². The lowest BCUT2D eigenvalue weighted by Crippen LogP contribution is -2.66. The van der Waals surface area contributed by atoms with E-state index in [-0.39, 0.29) is 5.75 Å². The molecular formula is C29H30N2O2. The minimum Gasteiger partial charge on any atom is -0.508 e. The van der Waals surface area contributed by atoms with Gasteiger partial charge in [0.15, 0.2) is 0 Å². The Kier molecular flexibility index (Phi) is 4.65. The lowest BCUT2D eigenvalue weighted by molar-refractivity contribution is -0.105. The molecule has 6 rings (SSSR count). The fourth-order valence-electron chi connectivity index (χ4n) is 6.32. The molecule has 1 saturated heterocycles. The van der Waals surface area contributed by atoms with Crippen molar-refractivity contribution in [3.05, 3.63) is 101 Å². The molecule has 2 atom stereocenters. The highest BCUT2D eigenvalue weighted by atomic mass is 16.3. The van der Waals surface area contributed by atoms with Crippen molar-refractivity contribution in [3.63, 3.8) is 0 Å². The number of phenolic OH excluding ortho intramolecular Hbond substituents is 1. The van der Waals surface area contributed by atoms with Gasteiger partial charge in [-0.2, -0.15) is 0 Å². The number of aromatic hydroxyl groups is 1. The Balaban J connectivity index is 1.46. The predicted octanol–water partition coefficient (Wildman–Crippen LogP) is 4.86. The van der Waals surface area contributed by atoms with Gasteiger partial charge in [-0.05, 0) is 60.8 Å². The number of hydrogen-bond acceptors (Lipinski definition) is 3. The van der Waals surface area contributed by atoms with Gasteiger partial charge in [-0.3, -0.25) is 4.90 Å². The second kappa shape index (κ2) is 7.47. The van der Waals surface area contributed by atoms with Crippen LogP contribution in [0.1, 0.15) is 34.4 Å². The first kappa shape index (κ1) is 20.5. The van der Waals surface area contributed by atoms with E-state index in [9.17, 15) is 10.2 Å². The molecule has 1 fully saturated rings. The molecule has 3 aromatic carbocycles. The van der Waals surface area contributed by atoms with E-state index in [1.54, 1.807) is 6.07 Å². The van der Waals surface area contributed by atoms with Gasteiger partial charge >= 0.3 is 0 Å². The number of hydrogen-bond donors (Lipinski definition) is 3. The van der Waals surface area contributed by atoms with Crippen molar-refractivity contribution in [2.24, 2.45) is 0 Å². The molecular weight excluding hydrogens is 408 g/mol. The summed E-state index contributed by atoms with van der Waals surface area (Å²) >= 11 is 0. The summed E-state index contributed by atoms with van der Waals surface area (Å²) in [6.45, 7) is 4.46. The highest BCUT2D eigenvalue weighted by Crippen LogP contribution is 2.52. The summed E-state index contributed by atoms with van der Waals surface area (Å²) in [5.74, 6) is 0.258. The zero-order valence-electron chi connectivity index (χ0n) is 19.0. The molecule has 4 nitrogen and oxygen atoms in total. The lowest BCUT2D eigenvalue weighted by Gasteiger charge is -2.56. The third-order valence-corrected chi connectivity index (χ3v) is 7.98. The molecule has 3 N–H and O–H groups in total. The zero-order valence-corrected chi connectivity index (χ0v) is 19.0. The van der Waals surface area contributed by atoms with Gasteiger partial charge in [-0.15, -0.1) is 0 Å². The fraction of sp³-hybridized carbons (Fsp3) is 0.310. The van der Waals surface area contributed by atoms with Gasteiger partial charge in [0.25, 0.3) is 0 Å². The van der Waals surface area contributed by atoms with Crippen LogP contribution in [0.4, 0.5) is 0 Å². The number of H-pyrrole nitrogens is 1. The van der Waals surface area contributed by atoms with E-state index >= 15 is 0 Å². The van der Waals surface area contributed by atoms with E-state index in [4.69, 9.17) is 0 Å². The summed E-state index contributed by atoms with van der Waals surface area (Å²) in [4.78, 5) is 6.06. The summed E-state index contributed by atoms with van der Waals surface area (Å²) in [5, 5.41) is 24.0. The SMILES string of the molecule is Cc1ccc2[nH]c3c(c2c1)C[C@]1(O)CN(Cc2ccccc2)CC[C@@]1(c1cccc(O)c1)C3. The Morgan fingerprint density at radius 3 is 2.64 bits per heavy atom. The number of aliphatic hydroxyl groups is 1. The maximum absolute atomic E-state index is 12.5. The van der Waals surface area contributed by atoms with E-state index in [1.165, 1.54) is 27.8 Å². The largest absolute Gasteiger partial charge is 0.508 e. The Morgan fingerprint density at radius 2 is 1.82 bits per heavy atom. The normalized spacial score (nSPS) is 25.0. The van der Waals surface area contributed by atoms with E-state index in [2.05, 4.69) is 65.3 Å². The predicted molar refractivity (Wildman–Crippen MR) is 132 cm³/mol. The van der Waals surface area contributed by atoms with Gasteiger partial charge in [0.05, 0.1) is 5.60 Å². The van der Waals surface area contributed by atoms with Crippen molar-refractivity contribution in [3.8, 4) is 5.75 Å². The first-order valence-corrected chi connectivity index (χ1v) is 11.8. The number of aryl methyl sites for hydroxylation is 1. The summed E-state index contributed by atoms with van der Waals surface area (Å²) < 4.78 is 0. The highest BCUT2D eigenvalue weighted by molar-refractivity contribution is 5.86. The third-order valence-electron chi connectivity index (χ3n) is 7.98. The Morgan fingerprint density at radius 1 is 0.970 bits per heavy atom. The first-order valence-electron chi connectivity index (χ1n) is 11.8. The standard InChI is InChI=1S/C29H30N2O2/c1-20-10-11-26-24(14-20)25-16-29(33)19-31(18-21-6-3-2-4-7-21)13-12-28(29,17-27(25)30-26)22-8-5-9-23(32)15-22/h2-11,14-15,30,32-33H,12-13,16-19H2,1H3/t28-,29-/m0/s1. The Hall–Kier alpha value is -3.08. The van der Waals surface area contributed by atoms with E-state index in [0.29, 0.717) is 13.0 Å². The van der Waals surface area contributed by atoms with Crippen molar-refractivity contribution < 1.29 is 10.2 Å². The maximum Gasteiger partial charge on any atom is 0.115 e. The number of benzene rings is 3. The number of aromatic nitrogens is 1. The van der Waals surface area contributed by atoms with Crippen LogP contribution in [0.2, 0.25) is 0 Å². The lowest BCUT2D eigenvalue weighted by atomic mass is 9.56. The van der Waals surface area contributed by atoms with Gasteiger partial charge in [-0.25, -0.2) is 0 Å². The molecule has 0 spiro atoms. The zero-order chi connectivity index (χ0) is 22.6. The van der Waals surface area contributed by atoms with Crippen LogP contribution >= 0.6 is 0 Å². The topological polar surface area (TPSA) is 59.5 Å². The van der Waals surface area contributed by atoms with Crippen molar-refractivity contribution in [2.45, 2.75) is 43.7 Å². The molecule has 2 aliphatic rings. The third kappa shape index (κ3) is 3.28. The second-order valence-electron chi connectivity index (χ2n) is 10.1. The number of nitrogens with one attached hydrogen (secondary N) is 1. The molecule has 1 aliphatic heterocycles. The fourth-order valence-corrected chi connectivity index (χ4v) is 6.32. The maximum atomic E-state index is 12.5. The Labute approximate surface area is 194 Å². The summed E-state index contributed by atoms with van der Waals surface area (Å²) in [6, 6.07) is 24.6. The van der Waals surface area contributed by atoms with E-state index in [1.807, 2.05) is 18.2 Å². The molecule has 1 aromatic heterocycles. The minimum absolute atomic E-state index is 0.258. The van der Waals surface area contributed by atoms with E-state index in [0.717, 1.165) is 37.0 Å². The molecule has 33 heavy (non-hydrogen) atoms. The smallest absolute Gasteiger partial charge is 0.115 e. The molecule has 168 valence electrons. The number of β-amino-alcohol motifs (C(OH)–C–C–N with tert-alkyl or cyclic N) is 1. The number of rotatable bonds is 3. The molecule has 0 bridgehead atoms. The minimum atomic E-state index is -0.931. The summed E-state index contributed by atoms with van der Waals surface area (Å²) in [7, 11) is 0. The van der Waals surface area contributed by atoms with Crippen LogP contribution in [0.25, 0.3) is 10.9 Å². The molecule has 0 radical (unpaired) electrons. The van der Waals surface area contributed by atoms with Gasteiger partial charge in [0.2, 0.25) is 0 Å². The van der Waals surface area contributed by atoms with Crippen LogP contribution in [-0.4, -0.2) is 38.8 Å². The molecule has 4 heteroatoms. The number of aromatic amines is 1. The van der Waals surface area contributed by atoms with Crippen molar-refractivity contribution in [2.75, 3.05) is 13.1 Å². The van der Waals surface area contributed by atoms with Crippen LogP contribution in [0.3, 0.4) is 0 Å². The molecule has 2 heterocycles. The number of likely N-dealkylation sites (tertiary alicyclic amines) is 1. The molecule has 0 saturated carbocycles. The quantitative estimate of drug-likeness (QED) is 0.428. The molecule has 4 aromatic rings.